The first-order valence-electron chi connectivity index (χ1n) is 8.81. The summed E-state index contributed by atoms with van der Waals surface area (Å²) in [5, 5.41) is 9.01. The molecule has 0 bridgehead atoms. The van der Waals surface area contributed by atoms with Gasteiger partial charge in [-0.15, -0.1) is 0 Å². The summed E-state index contributed by atoms with van der Waals surface area (Å²) in [6, 6.07) is 5.34. The van der Waals surface area contributed by atoms with Crippen LogP contribution in [0.25, 0.3) is 0 Å². The third-order valence-corrected chi connectivity index (χ3v) is 5.64. The van der Waals surface area contributed by atoms with Crippen LogP contribution in [0, 0.1) is 11.6 Å². The normalized spacial score (nSPS) is 16.0. The molecule has 2 aromatic rings. The highest BCUT2D eigenvalue weighted by Gasteiger charge is 2.38. The Bertz CT molecular complexity index is 1040. The van der Waals surface area contributed by atoms with Gasteiger partial charge in [-0.1, -0.05) is 46.4 Å². The van der Waals surface area contributed by atoms with Crippen molar-refractivity contribution in [3.05, 3.63) is 78.6 Å². The van der Waals surface area contributed by atoms with E-state index in [1.807, 2.05) is 0 Å². The number of aliphatic hydroxyl groups is 1. The van der Waals surface area contributed by atoms with E-state index in [0.29, 0.717) is 0 Å². The Labute approximate surface area is 196 Å². The first kappa shape index (κ1) is 23.9. The first-order chi connectivity index (χ1) is 14.7. The highest BCUT2D eigenvalue weighted by molar-refractivity contribution is 6.34. The Morgan fingerprint density at radius 3 is 1.87 bits per heavy atom. The predicted molar refractivity (Wildman–Crippen MR) is 111 cm³/mol. The van der Waals surface area contributed by atoms with Gasteiger partial charge in [0.2, 0.25) is 5.76 Å². The molecule has 1 unspecified atom stereocenters. The van der Waals surface area contributed by atoms with Gasteiger partial charge in [-0.2, -0.15) is 0 Å². The van der Waals surface area contributed by atoms with Crippen LogP contribution < -0.4 is 0 Å². The summed E-state index contributed by atoms with van der Waals surface area (Å²) in [5.74, 6) is -2.96. The SMILES string of the molecule is O=C1OC(CCO)C(OCc2c(Cl)ccc(Cl)c2F)=C1OCc1c(Cl)ccc(Cl)c1F. The quantitative estimate of drug-likeness (QED) is 0.355. The van der Waals surface area contributed by atoms with Crippen molar-refractivity contribution < 1.29 is 32.9 Å². The minimum atomic E-state index is -0.992. The van der Waals surface area contributed by atoms with E-state index in [2.05, 4.69) is 0 Å². The van der Waals surface area contributed by atoms with Crippen molar-refractivity contribution in [1.82, 2.24) is 0 Å². The van der Waals surface area contributed by atoms with Crippen LogP contribution >= 0.6 is 46.4 Å². The monoisotopic (exact) mass is 512 g/mol. The third-order valence-electron chi connectivity index (χ3n) is 4.35. The maximum Gasteiger partial charge on any atom is 0.378 e. The van der Waals surface area contributed by atoms with Crippen molar-refractivity contribution in [2.75, 3.05) is 6.61 Å². The van der Waals surface area contributed by atoms with Crippen LogP contribution in [0.2, 0.25) is 20.1 Å². The van der Waals surface area contributed by atoms with E-state index in [1.54, 1.807) is 0 Å². The molecule has 5 nitrogen and oxygen atoms in total. The van der Waals surface area contributed by atoms with Crippen LogP contribution in [-0.4, -0.2) is 23.8 Å². The molecule has 0 fully saturated rings. The van der Waals surface area contributed by atoms with Crippen molar-refractivity contribution in [3.63, 3.8) is 0 Å². The van der Waals surface area contributed by atoms with Crippen LogP contribution in [0.1, 0.15) is 17.5 Å². The molecule has 0 amide bonds. The van der Waals surface area contributed by atoms with Gasteiger partial charge in [-0.05, 0) is 24.3 Å². The molecule has 0 saturated heterocycles. The highest BCUT2D eigenvalue weighted by Crippen LogP contribution is 2.33. The first-order valence-corrected chi connectivity index (χ1v) is 10.3. The molecule has 31 heavy (non-hydrogen) atoms. The molecule has 0 radical (unpaired) electrons. The molecule has 1 aliphatic rings. The molecule has 0 aromatic heterocycles. The van der Waals surface area contributed by atoms with Crippen LogP contribution in [0.3, 0.4) is 0 Å². The molecule has 1 atom stereocenters. The summed E-state index contributed by atoms with van der Waals surface area (Å²) in [6.45, 7) is -1.20. The summed E-state index contributed by atoms with van der Waals surface area (Å²) in [7, 11) is 0. The zero-order chi connectivity index (χ0) is 22.7. The van der Waals surface area contributed by atoms with Gasteiger partial charge in [-0.25, -0.2) is 13.6 Å². The van der Waals surface area contributed by atoms with Crippen molar-refractivity contribution in [1.29, 1.82) is 0 Å². The number of benzene rings is 2. The zero-order valence-corrected chi connectivity index (χ0v) is 18.6. The molecule has 3 rings (SSSR count). The number of rotatable bonds is 8. The summed E-state index contributed by atoms with van der Waals surface area (Å²) in [5.41, 5.74) is -0.129. The average Bonchev–Trinajstić information content (AvgIpc) is 3.02. The Kier molecular flexibility index (Phi) is 7.88. The predicted octanol–water partition coefficient (Wildman–Crippen LogP) is 5.83. The van der Waals surface area contributed by atoms with E-state index >= 15 is 0 Å². The average molecular weight is 514 g/mol. The number of cyclic esters (lactones) is 1. The second-order valence-electron chi connectivity index (χ2n) is 6.32. The lowest BCUT2D eigenvalue weighted by Crippen LogP contribution is -2.15. The summed E-state index contributed by atoms with van der Waals surface area (Å²) < 4.78 is 44.7. The van der Waals surface area contributed by atoms with E-state index in [1.165, 1.54) is 24.3 Å². The molecule has 11 heteroatoms. The van der Waals surface area contributed by atoms with Gasteiger partial charge in [0.25, 0.3) is 0 Å². The largest absolute Gasteiger partial charge is 0.485 e. The van der Waals surface area contributed by atoms with Gasteiger partial charge in [0.1, 0.15) is 24.8 Å². The minimum absolute atomic E-state index is 0.00796. The number of aliphatic hydroxyl groups excluding tert-OH is 1. The molecular formula is C20H14Cl4F2O5. The number of halogens is 6. The Hall–Kier alpha value is -1.77. The third kappa shape index (κ3) is 5.18. The Morgan fingerprint density at radius 1 is 0.871 bits per heavy atom. The highest BCUT2D eigenvalue weighted by atomic mass is 35.5. The van der Waals surface area contributed by atoms with Gasteiger partial charge in [0, 0.05) is 24.2 Å². The Morgan fingerprint density at radius 2 is 1.35 bits per heavy atom. The van der Waals surface area contributed by atoms with E-state index < -0.39 is 36.9 Å². The molecule has 0 saturated carbocycles. The van der Waals surface area contributed by atoms with E-state index in [4.69, 9.17) is 60.6 Å². The van der Waals surface area contributed by atoms with Crippen molar-refractivity contribution in [3.8, 4) is 0 Å². The fraction of sp³-hybridized carbons (Fsp3) is 0.250. The second kappa shape index (κ2) is 10.2. The lowest BCUT2D eigenvalue weighted by Gasteiger charge is -2.15. The molecule has 1 heterocycles. The molecular weight excluding hydrogens is 500 g/mol. The van der Waals surface area contributed by atoms with Crippen LogP contribution in [-0.2, 0) is 32.2 Å². The number of carbonyl (C=O) groups is 1. The van der Waals surface area contributed by atoms with Crippen molar-refractivity contribution >= 4 is 52.4 Å². The summed E-state index contributed by atoms with van der Waals surface area (Å²) in [6.07, 6.45) is -1.00. The van der Waals surface area contributed by atoms with Gasteiger partial charge in [0.15, 0.2) is 11.9 Å². The van der Waals surface area contributed by atoms with E-state index in [9.17, 15) is 18.7 Å². The lowest BCUT2D eigenvalue weighted by atomic mass is 10.2. The number of carbonyl (C=O) groups excluding carboxylic acids is 1. The maximum atomic E-state index is 14.3. The lowest BCUT2D eigenvalue weighted by molar-refractivity contribution is -0.143. The molecule has 2 aromatic carbocycles. The van der Waals surface area contributed by atoms with Crippen LogP contribution in [0.15, 0.2) is 35.8 Å². The summed E-state index contributed by atoms with van der Waals surface area (Å²) in [4.78, 5) is 12.3. The fourth-order valence-electron chi connectivity index (χ4n) is 2.78. The molecule has 1 N–H and O–H groups in total. The number of hydrogen-bond donors (Lipinski definition) is 1. The van der Waals surface area contributed by atoms with E-state index in [-0.39, 0.29) is 55.8 Å². The van der Waals surface area contributed by atoms with Gasteiger partial charge in [-0.3, -0.25) is 0 Å². The molecule has 1 aliphatic heterocycles. The minimum Gasteiger partial charge on any atom is -0.485 e. The number of esters is 1. The maximum absolute atomic E-state index is 14.3. The van der Waals surface area contributed by atoms with E-state index in [0.717, 1.165) is 0 Å². The molecule has 166 valence electrons. The zero-order valence-electron chi connectivity index (χ0n) is 15.6. The number of hydrogen-bond acceptors (Lipinski definition) is 5. The summed E-state index contributed by atoms with van der Waals surface area (Å²) >= 11 is 23.5. The Balaban J connectivity index is 1.88. The van der Waals surface area contributed by atoms with Crippen molar-refractivity contribution in [2.24, 2.45) is 0 Å². The molecule has 0 aliphatic carbocycles. The standard InChI is InChI=1S/C20H14Cl4F2O5/c21-11-1-3-13(23)16(25)9(11)7-29-18-15(5-6-27)31-20(28)19(18)30-8-10-12(22)2-4-14(24)17(10)26/h1-4,15,27H,5-8H2. The van der Waals surface area contributed by atoms with Gasteiger partial charge < -0.3 is 19.3 Å². The smallest absolute Gasteiger partial charge is 0.378 e. The second-order valence-corrected chi connectivity index (χ2v) is 7.95. The number of ether oxygens (including phenoxy) is 3. The fourth-order valence-corrected chi connectivity index (χ4v) is 3.53. The van der Waals surface area contributed by atoms with Crippen LogP contribution in [0.4, 0.5) is 8.78 Å². The topological polar surface area (TPSA) is 65.0 Å². The van der Waals surface area contributed by atoms with Gasteiger partial charge >= 0.3 is 5.97 Å². The van der Waals surface area contributed by atoms with Crippen LogP contribution in [0.5, 0.6) is 0 Å². The molecule has 0 spiro atoms. The van der Waals surface area contributed by atoms with Crippen molar-refractivity contribution in [2.45, 2.75) is 25.7 Å². The van der Waals surface area contributed by atoms with Gasteiger partial charge in [0.05, 0.1) is 20.1 Å².